The predicted octanol–water partition coefficient (Wildman–Crippen LogP) is -4.33. The minimum atomic E-state index is 0. The first-order valence-electron chi connectivity index (χ1n) is 1.22. The van der Waals surface area contributed by atoms with Crippen LogP contribution in [0.25, 0.3) is 0 Å². The largest absolute Gasteiger partial charge is 1.00 e. The van der Waals surface area contributed by atoms with Crippen LogP contribution in [0.1, 0.15) is 1.43 Å². The third kappa shape index (κ3) is 20.1. The number of hydrogen-bond donors (Lipinski definition) is 2. The molecule has 6 heavy (non-hydrogen) atoms. The van der Waals surface area contributed by atoms with Gasteiger partial charge in [-0.1, -0.05) is 0 Å². The third-order valence-corrected chi connectivity index (χ3v) is 0.129. The second kappa shape index (κ2) is 16.7. The topological polar surface area (TPSA) is 46.2 Å². The fourth-order valence-electron chi connectivity index (χ4n) is 0. The van der Waals surface area contributed by atoms with Crippen molar-refractivity contribution in [3.63, 3.8) is 0 Å². The van der Waals surface area contributed by atoms with Crippen molar-refractivity contribution >= 4 is 8.41 Å². The molecule has 0 aliphatic carbocycles. The molecule has 0 amide bonds. The summed E-state index contributed by atoms with van der Waals surface area (Å²) in [5.41, 5.74) is 4.78. The Morgan fingerprint density at radius 2 is 1.83 bits per heavy atom. The van der Waals surface area contributed by atoms with Crippen LogP contribution >= 0.6 is 0 Å². The van der Waals surface area contributed by atoms with Crippen LogP contribution in [0.15, 0.2) is 0 Å². The Kier molecular flexibility index (Phi) is 43.8. The maximum absolute atomic E-state index is 7.75. The van der Waals surface area contributed by atoms with Gasteiger partial charge in [0.25, 0.3) is 0 Å². The fourth-order valence-corrected chi connectivity index (χ4v) is 0. The summed E-state index contributed by atoms with van der Waals surface area (Å²) in [4.78, 5) is 0. The van der Waals surface area contributed by atoms with Crippen molar-refractivity contribution < 1.29 is 36.1 Å². The molecule has 0 saturated carbocycles. The van der Waals surface area contributed by atoms with Crippen molar-refractivity contribution in [3.05, 3.63) is 0 Å². The molecule has 0 rings (SSSR count). The Hall–Kier alpha value is 0.985. The van der Waals surface area contributed by atoms with Crippen LogP contribution in [0.4, 0.5) is 0 Å². The molecule has 0 aliphatic heterocycles. The van der Waals surface area contributed by atoms with E-state index in [0.717, 1.165) is 0 Å². The summed E-state index contributed by atoms with van der Waals surface area (Å²) < 4.78 is 0. The van der Waals surface area contributed by atoms with Crippen LogP contribution in [0.5, 0.6) is 0 Å². The molecule has 0 aromatic rings. The van der Waals surface area contributed by atoms with Gasteiger partial charge in [-0.05, 0) is 0 Å². The van der Waals surface area contributed by atoms with E-state index in [9.17, 15) is 0 Å². The van der Waals surface area contributed by atoms with Gasteiger partial charge in [0.05, 0.1) is 6.61 Å². The second-order valence-corrected chi connectivity index (χ2v) is 0.512. The van der Waals surface area contributed by atoms with Crippen molar-refractivity contribution in [1.82, 2.24) is 0 Å². The molecule has 0 bridgehead atoms. The molecular weight excluding hydrogens is 87.8 g/mol. The van der Waals surface area contributed by atoms with Crippen molar-refractivity contribution in [1.29, 1.82) is 0 Å². The van der Waals surface area contributed by atoms with E-state index < -0.39 is 0 Å². The molecule has 0 unspecified atom stereocenters. The molecule has 31 valence electrons. The molecule has 3 N–H and O–H groups in total. The summed E-state index contributed by atoms with van der Waals surface area (Å²) in [5.74, 6) is 0. The standard InChI is InChI=1S/C2H7NO.B.Na.H/c3-1-2-4;;;/h4H,1-3H2;;;/q;;+1;-1. The van der Waals surface area contributed by atoms with Gasteiger partial charge < -0.3 is 12.3 Å². The van der Waals surface area contributed by atoms with Crippen LogP contribution in [0, 0.1) is 0 Å². The van der Waals surface area contributed by atoms with Gasteiger partial charge in [-0.15, -0.1) is 0 Å². The first-order chi connectivity index (χ1) is 1.91. The average Bonchev–Trinajstić information content (AvgIpc) is 1.37. The van der Waals surface area contributed by atoms with Gasteiger partial charge in [-0.3, -0.25) is 0 Å². The fraction of sp³-hybridized carbons (Fsp3) is 1.00. The summed E-state index contributed by atoms with van der Waals surface area (Å²) >= 11 is 0. The maximum atomic E-state index is 7.75. The van der Waals surface area contributed by atoms with E-state index in [4.69, 9.17) is 10.8 Å². The summed E-state index contributed by atoms with van der Waals surface area (Å²) in [6, 6.07) is 0. The molecule has 2 nitrogen and oxygen atoms in total. The van der Waals surface area contributed by atoms with Crippen molar-refractivity contribution in [3.8, 4) is 0 Å². The molecule has 0 heterocycles. The molecule has 0 aliphatic rings. The number of rotatable bonds is 1. The molecule has 0 atom stereocenters. The van der Waals surface area contributed by atoms with Gasteiger partial charge in [0.1, 0.15) is 0 Å². The van der Waals surface area contributed by atoms with E-state index in [0.29, 0.717) is 6.54 Å². The molecule has 0 aromatic heterocycles. The number of hydrogen-bond acceptors (Lipinski definition) is 2. The van der Waals surface area contributed by atoms with E-state index >= 15 is 0 Å². The van der Waals surface area contributed by atoms with Crippen LogP contribution in [0.2, 0.25) is 0 Å². The van der Waals surface area contributed by atoms with Crippen LogP contribution < -0.4 is 35.3 Å². The van der Waals surface area contributed by atoms with Crippen LogP contribution in [-0.4, -0.2) is 26.7 Å². The number of aliphatic hydroxyl groups excluding tert-OH is 1. The van der Waals surface area contributed by atoms with Crippen molar-refractivity contribution in [2.45, 2.75) is 0 Å². The normalized spacial score (nSPS) is 5.00. The quantitative estimate of drug-likeness (QED) is 0.324. The van der Waals surface area contributed by atoms with Gasteiger partial charge in [-0.2, -0.15) is 0 Å². The number of aliphatic hydroxyl groups is 1. The van der Waals surface area contributed by atoms with Gasteiger partial charge in [-0.25, -0.2) is 0 Å². The monoisotopic (exact) mass is 96.1 g/mol. The van der Waals surface area contributed by atoms with Crippen LogP contribution in [0.3, 0.4) is 0 Å². The maximum Gasteiger partial charge on any atom is 1.00 e. The van der Waals surface area contributed by atoms with Gasteiger partial charge in [0.15, 0.2) is 0 Å². The summed E-state index contributed by atoms with van der Waals surface area (Å²) in [5, 5.41) is 7.75. The molecule has 3 radical (unpaired) electrons. The van der Waals surface area contributed by atoms with E-state index in [1.54, 1.807) is 0 Å². The van der Waals surface area contributed by atoms with Crippen LogP contribution in [-0.2, 0) is 0 Å². The zero-order valence-corrected chi connectivity index (χ0v) is 6.02. The number of nitrogens with two attached hydrogens (primary N) is 1. The first kappa shape index (κ1) is 15.8. The predicted molar refractivity (Wildman–Crippen MR) is 23.0 cm³/mol. The summed E-state index contributed by atoms with van der Waals surface area (Å²) in [6.07, 6.45) is 0. The zero-order valence-electron chi connectivity index (χ0n) is 5.02. The van der Waals surface area contributed by atoms with E-state index in [1.807, 2.05) is 0 Å². The molecule has 0 fully saturated rings. The van der Waals surface area contributed by atoms with Gasteiger partial charge in [0, 0.05) is 15.0 Å². The van der Waals surface area contributed by atoms with E-state index in [2.05, 4.69) is 0 Å². The first-order valence-corrected chi connectivity index (χ1v) is 1.22. The Labute approximate surface area is 63.5 Å². The second-order valence-electron chi connectivity index (χ2n) is 0.512. The molecule has 0 spiro atoms. The Morgan fingerprint density at radius 3 is 1.83 bits per heavy atom. The minimum Gasteiger partial charge on any atom is -1.00 e. The molecule has 4 heteroatoms. The van der Waals surface area contributed by atoms with Crippen molar-refractivity contribution in [2.75, 3.05) is 13.2 Å². The Morgan fingerprint density at radius 1 is 1.67 bits per heavy atom. The van der Waals surface area contributed by atoms with E-state index in [1.165, 1.54) is 0 Å². The summed E-state index contributed by atoms with van der Waals surface area (Å²) in [6.45, 7) is 0.472. The SMILES string of the molecule is NCCO.[B].[H-].[Na+]. The minimum absolute atomic E-state index is 0. The van der Waals surface area contributed by atoms with Gasteiger partial charge in [0.2, 0.25) is 0 Å². The van der Waals surface area contributed by atoms with E-state index in [-0.39, 0.29) is 46.0 Å². The van der Waals surface area contributed by atoms with Crippen molar-refractivity contribution in [2.24, 2.45) is 5.73 Å². The smallest absolute Gasteiger partial charge is 1.00 e. The zero-order chi connectivity index (χ0) is 3.41. The third-order valence-electron chi connectivity index (χ3n) is 0.129. The van der Waals surface area contributed by atoms with Gasteiger partial charge >= 0.3 is 29.6 Å². The molecule has 0 saturated heterocycles. The molecular formula is C2H8BNNaO. The Balaban J connectivity index is -0.0000000150. The average molecular weight is 95.9 g/mol. The Bertz CT molecular complexity index is 19.7. The molecule has 0 aromatic carbocycles. The summed E-state index contributed by atoms with van der Waals surface area (Å²) in [7, 11) is 0.